The van der Waals surface area contributed by atoms with Crippen LogP contribution in [0, 0.1) is 12.8 Å². The molecule has 29 heavy (non-hydrogen) atoms. The first-order chi connectivity index (χ1) is 13.9. The Labute approximate surface area is 168 Å². The van der Waals surface area contributed by atoms with Gasteiger partial charge in [0.15, 0.2) is 5.76 Å². The fourth-order valence-electron chi connectivity index (χ4n) is 4.33. The smallest absolute Gasteiger partial charge is 0.310 e. The first kappa shape index (κ1) is 19.7. The van der Waals surface area contributed by atoms with Crippen LogP contribution in [0.3, 0.4) is 0 Å². The maximum atomic E-state index is 13.2. The minimum atomic E-state index is -1.17. The Bertz CT molecular complexity index is 949. The van der Waals surface area contributed by atoms with E-state index >= 15 is 0 Å². The molecule has 0 bridgehead atoms. The summed E-state index contributed by atoms with van der Waals surface area (Å²) in [6.07, 6.45) is -0.854. The number of aliphatic hydroxyl groups excluding tert-OH is 2. The van der Waals surface area contributed by atoms with Crippen LogP contribution < -0.4 is 0 Å². The Morgan fingerprint density at radius 1 is 1.24 bits per heavy atom. The van der Waals surface area contributed by atoms with Crippen molar-refractivity contribution in [2.24, 2.45) is 5.92 Å². The van der Waals surface area contributed by atoms with Crippen LogP contribution in [0.15, 0.2) is 28.7 Å². The van der Waals surface area contributed by atoms with Crippen molar-refractivity contribution in [3.63, 3.8) is 0 Å². The van der Waals surface area contributed by atoms with Crippen LogP contribution >= 0.6 is 0 Å². The molecule has 3 unspecified atom stereocenters. The Hall–Kier alpha value is -2.64. The SMILES string of the molecule is CCOC(=O)C1CCCN(C(=O)c2oc3c(c2C)C(O)C(O)c2ccccc2-3)C1. The molecule has 1 saturated heterocycles. The summed E-state index contributed by atoms with van der Waals surface area (Å²) >= 11 is 0. The van der Waals surface area contributed by atoms with E-state index in [1.807, 2.05) is 6.07 Å². The third-order valence-electron chi connectivity index (χ3n) is 5.84. The summed E-state index contributed by atoms with van der Waals surface area (Å²) < 4.78 is 11.1. The van der Waals surface area contributed by atoms with Gasteiger partial charge in [0.2, 0.25) is 0 Å². The van der Waals surface area contributed by atoms with E-state index in [-0.39, 0.29) is 30.1 Å². The molecule has 1 fully saturated rings. The van der Waals surface area contributed by atoms with Crippen molar-refractivity contribution in [3.8, 4) is 11.3 Å². The third-order valence-corrected chi connectivity index (χ3v) is 5.84. The molecule has 3 atom stereocenters. The number of carbonyl (C=O) groups excluding carboxylic acids is 2. The van der Waals surface area contributed by atoms with Crippen molar-refractivity contribution in [2.45, 2.75) is 38.9 Å². The number of nitrogens with zero attached hydrogens (tertiary/aromatic N) is 1. The van der Waals surface area contributed by atoms with Crippen LogP contribution in [0.2, 0.25) is 0 Å². The molecule has 1 aliphatic heterocycles. The van der Waals surface area contributed by atoms with Gasteiger partial charge in [-0.3, -0.25) is 9.59 Å². The monoisotopic (exact) mass is 399 g/mol. The highest BCUT2D eigenvalue weighted by Crippen LogP contribution is 2.47. The number of fused-ring (bicyclic) bond motifs is 3. The molecule has 0 spiro atoms. The van der Waals surface area contributed by atoms with Crippen molar-refractivity contribution in [2.75, 3.05) is 19.7 Å². The summed E-state index contributed by atoms with van der Waals surface area (Å²) in [5.41, 5.74) is 2.20. The summed E-state index contributed by atoms with van der Waals surface area (Å²) in [5, 5.41) is 21.1. The average Bonchev–Trinajstić information content (AvgIpc) is 3.09. The first-order valence-electron chi connectivity index (χ1n) is 9.98. The van der Waals surface area contributed by atoms with Gasteiger partial charge in [0.05, 0.1) is 12.5 Å². The van der Waals surface area contributed by atoms with Crippen LogP contribution in [0.1, 0.15) is 59.2 Å². The minimum absolute atomic E-state index is 0.141. The molecule has 1 aromatic heterocycles. The van der Waals surface area contributed by atoms with Crippen LogP contribution in [-0.2, 0) is 9.53 Å². The van der Waals surface area contributed by atoms with E-state index in [1.54, 1.807) is 36.9 Å². The highest BCUT2D eigenvalue weighted by Gasteiger charge is 2.39. The molecule has 2 N–H and O–H groups in total. The fourth-order valence-corrected chi connectivity index (χ4v) is 4.33. The van der Waals surface area contributed by atoms with Crippen molar-refractivity contribution in [1.29, 1.82) is 0 Å². The van der Waals surface area contributed by atoms with Gasteiger partial charge in [-0.2, -0.15) is 0 Å². The van der Waals surface area contributed by atoms with Crippen molar-refractivity contribution >= 4 is 11.9 Å². The maximum Gasteiger partial charge on any atom is 0.310 e. The Balaban J connectivity index is 1.67. The predicted octanol–water partition coefficient (Wildman–Crippen LogP) is 2.75. The number of ether oxygens (including phenoxy) is 1. The van der Waals surface area contributed by atoms with E-state index in [0.717, 1.165) is 0 Å². The summed E-state index contributed by atoms with van der Waals surface area (Å²) in [4.78, 5) is 26.9. The molecule has 2 heterocycles. The first-order valence-corrected chi connectivity index (χ1v) is 9.98. The number of likely N-dealkylation sites (tertiary alicyclic amines) is 1. The van der Waals surface area contributed by atoms with Crippen LogP contribution in [0.4, 0.5) is 0 Å². The molecule has 7 heteroatoms. The molecule has 7 nitrogen and oxygen atoms in total. The summed E-state index contributed by atoms with van der Waals surface area (Å²) in [5.74, 6) is -0.385. The predicted molar refractivity (Wildman–Crippen MR) is 104 cm³/mol. The molecule has 1 aliphatic carbocycles. The fraction of sp³-hybridized carbons (Fsp3) is 0.455. The number of benzene rings is 1. The zero-order chi connectivity index (χ0) is 20.7. The van der Waals surface area contributed by atoms with E-state index in [1.165, 1.54) is 0 Å². The summed E-state index contributed by atoms with van der Waals surface area (Å²) in [6.45, 7) is 4.60. The largest absolute Gasteiger partial charge is 0.466 e. The molecule has 154 valence electrons. The molecule has 2 aromatic rings. The highest BCUT2D eigenvalue weighted by atomic mass is 16.5. The molecule has 2 aliphatic rings. The minimum Gasteiger partial charge on any atom is -0.466 e. The number of rotatable bonds is 3. The maximum absolute atomic E-state index is 13.2. The van der Waals surface area contributed by atoms with E-state index in [0.29, 0.717) is 54.0 Å². The van der Waals surface area contributed by atoms with Crippen molar-refractivity contribution < 1.29 is 29.0 Å². The van der Waals surface area contributed by atoms with Crippen molar-refractivity contribution in [1.82, 2.24) is 4.90 Å². The zero-order valence-electron chi connectivity index (χ0n) is 16.6. The van der Waals surface area contributed by atoms with Gasteiger partial charge in [-0.05, 0) is 32.3 Å². The molecular formula is C22H25NO6. The number of esters is 1. The van der Waals surface area contributed by atoms with Gasteiger partial charge in [-0.15, -0.1) is 0 Å². The lowest BCUT2D eigenvalue weighted by Crippen LogP contribution is -2.42. The van der Waals surface area contributed by atoms with Crippen LogP contribution in [0.5, 0.6) is 0 Å². The standard InChI is InChI=1S/C22H25NO6/c1-3-28-22(27)13-7-6-10-23(11-13)21(26)19-12(2)16-18(25)17(24)14-8-4-5-9-15(14)20(16)29-19/h4-5,8-9,13,17-18,24-25H,3,6-7,10-11H2,1-2H3. The average molecular weight is 399 g/mol. The van der Waals surface area contributed by atoms with E-state index in [2.05, 4.69) is 0 Å². The van der Waals surface area contributed by atoms with E-state index < -0.39 is 12.2 Å². The number of aliphatic hydroxyl groups is 2. The molecule has 0 radical (unpaired) electrons. The van der Waals surface area contributed by atoms with E-state index in [9.17, 15) is 19.8 Å². The Morgan fingerprint density at radius 2 is 2.00 bits per heavy atom. The number of amides is 1. The Kier molecular flexibility index (Phi) is 5.19. The van der Waals surface area contributed by atoms with Gasteiger partial charge in [0.25, 0.3) is 5.91 Å². The number of piperidine rings is 1. The van der Waals surface area contributed by atoms with Gasteiger partial charge < -0.3 is 24.3 Å². The lowest BCUT2D eigenvalue weighted by atomic mass is 9.85. The lowest BCUT2D eigenvalue weighted by molar-refractivity contribution is -0.149. The molecule has 4 rings (SSSR count). The van der Waals surface area contributed by atoms with Gasteiger partial charge in [0, 0.05) is 29.8 Å². The van der Waals surface area contributed by atoms with Gasteiger partial charge >= 0.3 is 5.97 Å². The van der Waals surface area contributed by atoms with Gasteiger partial charge in [0.1, 0.15) is 18.0 Å². The third kappa shape index (κ3) is 3.24. The molecule has 1 amide bonds. The summed E-state index contributed by atoms with van der Waals surface area (Å²) in [6, 6.07) is 7.14. The molecular weight excluding hydrogens is 374 g/mol. The highest BCUT2D eigenvalue weighted by molar-refractivity contribution is 5.95. The van der Waals surface area contributed by atoms with Gasteiger partial charge in [-0.1, -0.05) is 24.3 Å². The number of furan rings is 1. The summed E-state index contributed by atoms with van der Waals surface area (Å²) in [7, 11) is 0. The normalized spacial score (nSPS) is 23.3. The van der Waals surface area contributed by atoms with Crippen molar-refractivity contribution in [3.05, 3.63) is 46.7 Å². The zero-order valence-corrected chi connectivity index (χ0v) is 16.6. The quantitative estimate of drug-likeness (QED) is 0.770. The molecule has 0 saturated carbocycles. The second-order valence-corrected chi connectivity index (χ2v) is 7.62. The number of carbonyl (C=O) groups is 2. The topological polar surface area (TPSA) is 100 Å². The second kappa shape index (κ2) is 7.65. The number of hydrogen-bond donors (Lipinski definition) is 2. The van der Waals surface area contributed by atoms with Crippen LogP contribution in [0.25, 0.3) is 11.3 Å². The molecule has 1 aromatic carbocycles. The van der Waals surface area contributed by atoms with Crippen LogP contribution in [-0.4, -0.2) is 46.7 Å². The number of hydrogen-bond acceptors (Lipinski definition) is 6. The Morgan fingerprint density at radius 3 is 2.76 bits per heavy atom. The van der Waals surface area contributed by atoms with E-state index in [4.69, 9.17) is 9.15 Å². The lowest BCUT2D eigenvalue weighted by Gasteiger charge is -2.31. The second-order valence-electron chi connectivity index (χ2n) is 7.62. The van der Waals surface area contributed by atoms with Gasteiger partial charge in [-0.25, -0.2) is 0 Å².